The number of halogens is 1. The summed E-state index contributed by atoms with van der Waals surface area (Å²) in [6.45, 7) is 1.53. The van der Waals surface area contributed by atoms with Crippen molar-refractivity contribution in [3.05, 3.63) is 135 Å². The number of carbonyl (C=O) groups excluding carboxylic acids is 4. The first-order valence-electron chi connectivity index (χ1n) is 14.1. The fourth-order valence-electron chi connectivity index (χ4n) is 7.18. The Hall–Kier alpha value is -4.75. The van der Waals surface area contributed by atoms with E-state index in [-0.39, 0.29) is 22.4 Å². The highest BCUT2D eigenvalue weighted by molar-refractivity contribution is 6.34. The van der Waals surface area contributed by atoms with Crippen LogP contribution >= 0.6 is 11.6 Å². The van der Waals surface area contributed by atoms with E-state index in [1.54, 1.807) is 42.5 Å². The number of carbonyl (C=O) groups is 4. The minimum absolute atomic E-state index is 0.0866. The summed E-state index contributed by atoms with van der Waals surface area (Å²) in [6, 6.07) is 27.5. The summed E-state index contributed by atoms with van der Waals surface area (Å²) in [5, 5.41) is 2.11. The molecule has 0 N–H and O–H groups in total. The van der Waals surface area contributed by atoms with Gasteiger partial charge in [-0.15, -0.1) is 0 Å². The normalized spacial score (nSPS) is 22.0. The maximum atomic E-state index is 14.5. The van der Waals surface area contributed by atoms with E-state index in [4.69, 9.17) is 16.3 Å². The Morgan fingerprint density at radius 2 is 1.21 bits per heavy atom. The van der Waals surface area contributed by atoms with Gasteiger partial charge in [0.15, 0.2) is 5.78 Å². The van der Waals surface area contributed by atoms with E-state index in [1.807, 2.05) is 48.5 Å². The quantitative estimate of drug-likeness (QED) is 0.207. The fourth-order valence-corrected chi connectivity index (χ4v) is 7.40. The zero-order valence-electron chi connectivity index (χ0n) is 23.4. The van der Waals surface area contributed by atoms with Gasteiger partial charge in [-0.2, -0.15) is 5.01 Å². The molecule has 4 aliphatic rings. The minimum Gasteiger partial charge on any atom is -0.497 e. The molecule has 2 bridgehead atoms. The number of ketones is 1. The molecule has 0 unspecified atom stereocenters. The maximum Gasteiger partial charge on any atom is 0.275 e. The lowest BCUT2D eigenvalue weighted by molar-refractivity contribution is -0.156. The van der Waals surface area contributed by atoms with Crippen molar-refractivity contribution in [1.29, 1.82) is 0 Å². The van der Waals surface area contributed by atoms with Gasteiger partial charge >= 0.3 is 0 Å². The number of nitrogens with zero attached hydrogens (tertiary/aromatic N) is 2. The molecule has 214 valence electrons. The average molecular weight is 591 g/mol. The molecule has 3 aliphatic carbocycles. The highest BCUT2D eigenvalue weighted by atomic mass is 35.5. The monoisotopic (exact) mass is 590 g/mol. The molecule has 1 saturated heterocycles. The second-order valence-electron chi connectivity index (χ2n) is 11.2. The Bertz CT molecular complexity index is 1700. The number of benzene rings is 4. The lowest BCUT2D eigenvalue weighted by atomic mass is 9.55. The van der Waals surface area contributed by atoms with Crippen molar-refractivity contribution in [2.45, 2.75) is 24.8 Å². The van der Waals surface area contributed by atoms with Crippen LogP contribution in [-0.4, -0.2) is 46.7 Å². The zero-order valence-corrected chi connectivity index (χ0v) is 24.2. The van der Waals surface area contributed by atoms with Crippen LogP contribution in [-0.2, 0) is 9.59 Å². The largest absolute Gasteiger partial charge is 0.497 e. The summed E-state index contributed by atoms with van der Waals surface area (Å²) in [5.41, 5.74) is 4.46. The summed E-state index contributed by atoms with van der Waals surface area (Å²) >= 11 is 6.44. The maximum absolute atomic E-state index is 14.5. The Labute approximate surface area is 253 Å². The highest BCUT2D eigenvalue weighted by Gasteiger charge is 2.63. The van der Waals surface area contributed by atoms with Gasteiger partial charge in [-0.3, -0.25) is 19.2 Å². The second kappa shape index (κ2) is 10.2. The average Bonchev–Trinajstić information content (AvgIpc) is 3.30. The highest BCUT2D eigenvalue weighted by Crippen LogP contribution is 2.61. The molecule has 0 aromatic heterocycles. The number of hydrogen-bond acceptors (Lipinski definition) is 5. The number of ether oxygens (including phenoxy) is 1. The van der Waals surface area contributed by atoms with Gasteiger partial charge in [0.1, 0.15) is 11.8 Å². The van der Waals surface area contributed by atoms with Gasteiger partial charge in [-0.1, -0.05) is 72.3 Å². The summed E-state index contributed by atoms with van der Waals surface area (Å²) in [4.78, 5) is 57.2. The SMILES string of the molecule is COc1ccc(C(=O)[C@H](C)N(C(=O)c2ccccc2Cl)N2C(=O)[C@@H]3C4c5ccccc5C(c5ccccc54)[C@H]3C2=O)cc1. The number of amides is 3. The standard InChI is InChI=1S/C35H27ClN2O5/c1-19(32(39)20-15-17-21(43-2)18-16-20)37(33(40)26-13-7-8-14-27(26)36)38-34(41)30-28-22-9-3-4-10-23(22)29(31(30)35(38)42)25-12-6-5-11-24(25)28/h3-19,28-31H,1-2H3/t19-,28?,29?,30+,31+/m0/s1. The molecule has 43 heavy (non-hydrogen) atoms. The van der Waals surface area contributed by atoms with Crippen LogP contribution in [0.3, 0.4) is 0 Å². The molecule has 4 aromatic carbocycles. The molecule has 1 aliphatic heterocycles. The molecule has 1 fully saturated rings. The number of hydrazine groups is 1. The molecular weight excluding hydrogens is 564 g/mol. The Morgan fingerprint density at radius 3 is 1.67 bits per heavy atom. The van der Waals surface area contributed by atoms with Crippen molar-refractivity contribution in [2.75, 3.05) is 7.11 Å². The third-order valence-corrected chi connectivity index (χ3v) is 9.40. The van der Waals surface area contributed by atoms with Gasteiger partial charge < -0.3 is 4.74 Å². The lowest BCUT2D eigenvalue weighted by Crippen LogP contribution is -2.56. The first-order chi connectivity index (χ1) is 20.8. The molecule has 1 heterocycles. The van der Waals surface area contributed by atoms with E-state index in [0.717, 1.165) is 32.3 Å². The van der Waals surface area contributed by atoms with E-state index in [9.17, 15) is 19.2 Å². The second-order valence-corrected chi connectivity index (χ2v) is 11.6. The summed E-state index contributed by atoms with van der Waals surface area (Å²) in [7, 11) is 1.52. The molecule has 0 radical (unpaired) electrons. The first-order valence-corrected chi connectivity index (χ1v) is 14.5. The van der Waals surface area contributed by atoms with E-state index in [2.05, 4.69) is 0 Å². The molecular formula is C35H27ClN2O5. The van der Waals surface area contributed by atoms with Crippen LogP contribution in [0.4, 0.5) is 0 Å². The van der Waals surface area contributed by atoms with Gasteiger partial charge in [0.25, 0.3) is 17.7 Å². The third-order valence-electron chi connectivity index (χ3n) is 9.07. The van der Waals surface area contributed by atoms with Crippen molar-refractivity contribution < 1.29 is 23.9 Å². The molecule has 0 spiro atoms. The third kappa shape index (κ3) is 3.95. The Kier molecular flexibility index (Phi) is 6.43. The van der Waals surface area contributed by atoms with Crippen molar-refractivity contribution >= 4 is 35.1 Å². The summed E-state index contributed by atoms with van der Waals surface area (Å²) in [5.74, 6) is -3.71. The van der Waals surface area contributed by atoms with Crippen LogP contribution in [0.15, 0.2) is 97.1 Å². The van der Waals surface area contributed by atoms with Crippen LogP contribution in [0.5, 0.6) is 5.75 Å². The topological polar surface area (TPSA) is 84.0 Å². The van der Waals surface area contributed by atoms with Crippen LogP contribution in [0.1, 0.15) is 61.7 Å². The number of rotatable bonds is 6. The molecule has 3 amide bonds. The van der Waals surface area contributed by atoms with E-state index in [0.29, 0.717) is 11.3 Å². The molecule has 7 nitrogen and oxygen atoms in total. The van der Waals surface area contributed by atoms with Crippen molar-refractivity contribution in [2.24, 2.45) is 11.8 Å². The Morgan fingerprint density at radius 1 is 0.744 bits per heavy atom. The number of Topliss-reactive ketones (excluding diaryl/α,β-unsaturated/α-hetero) is 1. The van der Waals surface area contributed by atoms with Gasteiger partial charge in [0.2, 0.25) is 0 Å². The van der Waals surface area contributed by atoms with Crippen molar-refractivity contribution in [3.8, 4) is 5.75 Å². The van der Waals surface area contributed by atoms with Gasteiger partial charge in [0.05, 0.1) is 29.5 Å². The van der Waals surface area contributed by atoms with Crippen molar-refractivity contribution in [1.82, 2.24) is 10.0 Å². The minimum atomic E-state index is -1.20. The van der Waals surface area contributed by atoms with E-state index in [1.165, 1.54) is 20.1 Å². The fraction of sp³-hybridized carbons (Fsp3) is 0.200. The number of methoxy groups -OCH3 is 1. The summed E-state index contributed by atoms with van der Waals surface area (Å²) in [6.07, 6.45) is 0. The first kappa shape index (κ1) is 27.1. The predicted molar refractivity (Wildman–Crippen MR) is 160 cm³/mol. The zero-order chi connectivity index (χ0) is 30.0. The molecule has 8 heteroatoms. The van der Waals surface area contributed by atoms with Crippen LogP contribution < -0.4 is 4.74 Å². The number of imide groups is 1. The van der Waals surface area contributed by atoms with Gasteiger partial charge in [-0.25, -0.2) is 5.01 Å². The van der Waals surface area contributed by atoms with Crippen molar-refractivity contribution in [3.63, 3.8) is 0 Å². The number of hydrogen-bond donors (Lipinski definition) is 0. The van der Waals surface area contributed by atoms with Gasteiger partial charge in [0, 0.05) is 17.4 Å². The molecule has 8 rings (SSSR count). The smallest absolute Gasteiger partial charge is 0.275 e. The van der Waals surface area contributed by atoms with E-state index < -0.39 is 41.4 Å². The van der Waals surface area contributed by atoms with Crippen LogP contribution in [0.25, 0.3) is 0 Å². The Balaban J connectivity index is 1.35. The van der Waals surface area contributed by atoms with Crippen LogP contribution in [0.2, 0.25) is 5.02 Å². The summed E-state index contributed by atoms with van der Waals surface area (Å²) < 4.78 is 5.22. The molecule has 0 saturated carbocycles. The lowest BCUT2D eigenvalue weighted by Gasteiger charge is -2.45. The molecule has 4 aromatic rings. The molecule has 3 atom stereocenters. The predicted octanol–water partition coefficient (Wildman–Crippen LogP) is 5.87. The van der Waals surface area contributed by atoms with Gasteiger partial charge in [-0.05, 0) is 65.6 Å². The van der Waals surface area contributed by atoms with Crippen LogP contribution in [0, 0.1) is 11.8 Å². The van der Waals surface area contributed by atoms with E-state index >= 15 is 0 Å².